The molecule has 0 bridgehead atoms. The van der Waals surface area contributed by atoms with Crippen LogP contribution in [0.15, 0.2) is 0 Å². The van der Waals surface area contributed by atoms with Crippen LogP contribution in [-0.2, 0) is 16.6 Å². The van der Waals surface area contributed by atoms with Gasteiger partial charge in [-0.2, -0.15) is 5.10 Å². The molecule has 0 radical (unpaired) electrons. The Hall–Kier alpha value is -1.89. The van der Waals surface area contributed by atoms with Crippen LogP contribution in [0.4, 0.5) is 5.69 Å². The molecule has 112 valence electrons. The van der Waals surface area contributed by atoms with E-state index in [1.807, 2.05) is 20.9 Å². The Balaban J connectivity index is 2.45. The normalized spacial score (nSPS) is 10.8. The number of likely N-dealkylation sites (N-methyl/N-ethyl adjacent to an activating group) is 1. The minimum Gasteiger partial charge on any atom is -0.481 e. The van der Waals surface area contributed by atoms with Gasteiger partial charge in [0.25, 0.3) is 0 Å². The van der Waals surface area contributed by atoms with Crippen LogP contribution in [0.25, 0.3) is 0 Å². The fourth-order valence-electron chi connectivity index (χ4n) is 1.96. The maximum absolute atomic E-state index is 11.9. The summed E-state index contributed by atoms with van der Waals surface area (Å²) in [6.07, 6.45) is 0.650. The molecule has 1 rings (SSSR count). The Kier molecular flexibility index (Phi) is 5.69. The van der Waals surface area contributed by atoms with Crippen molar-refractivity contribution in [3.8, 4) is 0 Å². The van der Waals surface area contributed by atoms with Crippen molar-refractivity contribution >= 4 is 17.6 Å². The third kappa shape index (κ3) is 4.65. The molecule has 7 heteroatoms. The SMILES string of the molecule is Cc1nn(C)c(C)c1NC(=O)CN(C)CCCC(=O)O. The average molecular weight is 282 g/mol. The van der Waals surface area contributed by atoms with E-state index in [0.717, 1.165) is 17.1 Å². The van der Waals surface area contributed by atoms with Gasteiger partial charge in [0.2, 0.25) is 5.91 Å². The lowest BCUT2D eigenvalue weighted by Gasteiger charge is -2.15. The number of hydrogen-bond acceptors (Lipinski definition) is 4. The fourth-order valence-corrected chi connectivity index (χ4v) is 1.96. The molecule has 0 saturated heterocycles. The largest absolute Gasteiger partial charge is 0.481 e. The lowest BCUT2D eigenvalue weighted by atomic mass is 10.3. The topological polar surface area (TPSA) is 87.5 Å². The Morgan fingerprint density at radius 1 is 1.40 bits per heavy atom. The zero-order valence-corrected chi connectivity index (χ0v) is 12.4. The summed E-state index contributed by atoms with van der Waals surface area (Å²) in [5.74, 6) is -0.938. The van der Waals surface area contributed by atoms with Crippen LogP contribution >= 0.6 is 0 Å². The second-order valence-electron chi connectivity index (χ2n) is 4.95. The fraction of sp³-hybridized carbons (Fsp3) is 0.615. The van der Waals surface area contributed by atoms with Gasteiger partial charge in [0.1, 0.15) is 0 Å². The minimum atomic E-state index is -0.815. The first-order chi connectivity index (χ1) is 9.31. The summed E-state index contributed by atoms with van der Waals surface area (Å²) in [7, 11) is 3.63. The van der Waals surface area contributed by atoms with Gasteiger partial charge in [0, 0.05) is 13.5 Å². The summed E-state index contributed by atoms with van der Waals surface area (Å²) in [6, 6.07) is 0. The third-order valence-electron chi connectivity index (χ3n) is 3.12. The molecule has 7 nitrogen and oxygen atoms in total. The van der Waals surface area contributed by atoms with Gasteiger partial charge < -0.3 is 10.4 Å². The van der Waals surface area contributed by atoms with Crippen molar-refractivity contribution in [3.05, 3.63) is 11.4 Å². The molecule has 0 aromatic carbocycles. The van der Waals surface area contributed by atoms with Gasteiger partial charge in [0.15, 0.2) is 0 Å². The number of rotatable bonds is 7. The molecule has 20 heavy (non-hydrogen) atoms. The van der Waals surface area contributed by atoms with Gasteiger partial charge in [-0.1, -0.05) is 0 Å². The summed E-state index contributed by atoms with van der Waals surface area (Å²) in [6.45, 7) is 4.55. The summed E-state index contributed by atoms with van der Waals surface area (Å²) in [5.41, 5.74) is 2.44. The number of amides is 1. The van der Waals surface area contributed by atoms with E-state index in [9.17, 15) is 9.59 Å². The van der Waals surface area contributed by atoms with Gasteiger partial charge in [-0.05, 0) is 33.9 Å². The summed E-state index contributed by atoms with van der Waals surface area (Å²) >= 11 is 0. The van der Waals surface area contributed by atoms with Crippen molar-refractivity contribution in [2.75, 3.05) is 25.5 Å². The molecule has 0 aliphatic carbocycles. The molecule has 0 saturated carbocycles. The summed E-state index contributed by atoms with van der Waals surface area (Å²) < 4.78 is 1.72. The van der Waals surface area contributed by atoms with E-state index in [0.29, 0.717) is 13.0 Å². The first-order valence-corrected chi connectivity index (χ1v) is 6.51. The second-order valence-corrected chi connectivity index (χ2v) is 4.95. The van der Waals surface area contributed by atoms with Crippen molar-refractivity contribution < 1.29 is 14.7 Å². The molecule has 0 spiro atoms. The molecule has 0 aliphatic rings. The standard InChI is InChI=1S/C13H22N4O3/c1-9-13(10(2)17(4)15-9)14-11(18)8-16(3)7-5-6-12(19)20/h5-8H2,1-4H3,(H,14,18)(H,19,20). The zero-order chi connectivity index (χ0) is 15.3. The number of nitrogens with one attached hydrogen (secondary N) is 1. The molecule has 1 heterocycles. The Bertz CT molecular complexity index is 496. The van der Waals surface area contributed by atoms with E-state index >= 15 is 0 Å². The zero-order valence-electron chi connectivity index (χ0n) is 12.4. The third-order valence-corrected chi connectivity index (χ3v) is 3.12. The predicted molar refractivity (Wildman–Crippen MR) is 75.7 cm³/mol. The molecular formula is C13H22N4O3. The summed E-state index contributed by atoms with van der Waals surface area (Å²) in [5, 5.41) is 15.6. The van der Waals surface area contributed by atoms with Crippen molar-refractivity contribution in [1.29, 1.82) is 0 Å². The van der Waals surface area contributed by atoms with E-state index in [-0.39, 0.29) is 18.9 Å². The van der Waals surface area contributed by atoms with Gasteiger partial charge in [-0.25, -0.2) is 0 Å². The highest BCUT2D eigenvalue weighted by molar-refractivity contribution is 5.93. The number of anilines is 1. The van der Waals surface area contributed by atoms with Crippen LogP contribution in [0.1, 0.15) is 24.2 Å². The molecule has 0 aliphatic heterocycles. The lowest BCUT2D eigenvalue weighted by molar-refractivity contribution is -0.137. The van der Waals surface area contributed by atoms with Crippen LogP contribution < -0.4 is 5.32 Å². The van der Waals surface area contributed by atoms with Crippen molar-refractivity contribution in [1.82, 2.24) is 14.7 Å². The number of carbonyl (C=O) groups is 2. The lowest BCUT2D eigenvalue weighted by Crippen LogP contribution is -2.31. The Morgan fingerprint density at radius 2 is 2.05 bits per heavy atom. The number of aryl methyl sites for hydroxylation is 2. The van der Waals surface area contributed by atoms with Crippen molar-refractivity contribution in [2.24, 2.45) is 7.05 Å². The van der Waals surface area contributed by atoms with Gasteiger partial charge in [0.05, 0.1) is 23.6 Å². The number of aromatic nitrogens is 2. The van der Waals surface area contributed by atoms with E-state index in [1.54, 1.807) is 16.6 Å². The molecule has 1 amide bonds. The van der Waals surface area contributed by atoms with E-state index in [1.165, 1.54) is 0 Å². The van der Waals surface area contributed by atoms with Gasteiger partial charge in [-0.15, -0.1) is 0 Å². The molecule has 0 unspecified atom stereocenters. The quantitative estimate of drug-likeness (QED) is 0.771. The minimum absolute atomic E-state index is 0.118. The number of carboxylic acid groups (broad SMARTS) is 1. The average Bonchev–Trinajstić information content (AvgIpc) is 2.55. The monoisotopic (exact) mass is 282 g/mol. The predicted octanol–water partition coefficient (Wildman–Crippen LogP) is 0.772. The maximum Gasteiger partial charge on any atom is 0.303 e. The van der Waals surface area contributed by atoms with E-state index in [2.05, 4.69) is 10.4 Å². The number of aliphatic carboxylic acids is 1. The van der Waals surface area contributed by atoms with Crippen molar-refractivity contribution in [3.63, 3.8) is 0 Å². The molecule has 1 aromatic rings. The maximum atomic E-state index is 11.9. The van der Waals surface area contributed by atoms with Gasteiger partial charge >= 0.3 is 5.97 Å². The number of carboxylic acids is 1. The van der Waals surface area contributed by atoms with Crippen molar-refractivity contribution in [2.45, 2.75) is 26.7 Å². The first-order valence-electron chi connectivity index (χ1n) is 6.51. The first kappa shape index (κ1) is 16.2. The van der Waals surface area contributed by atoms with E-state index in [4.69, 9.17) is 5.11 Å². The highest BCUT2D eigenvalue weighted by Crippen LogP contribution is 2.17. The van der Waals surface area contributed by atoms with Crippen LogP contribution in [0.2, 0.25) is 0 Å². The molecule has 0 atom stereocenters. The van der Waals surface area contributed by atoms with E-state index < -0.39 is 5.97 Å². The highest BCUT2D eigenvalue weighted by atomic mass is 16.4. The number of carbonyl (C=O) groups excluding carboxylic acids is 1. The molecule has 0 fully saturated rings. The molecular weight excluding hydrogens is 260 g/mol. The highest BCUT2D eigenvalue weighted by Gasteiger charge is 2.13. The second kappa shape index (κ2) is 7.04. The van der Waals surface area contributed by atoms with Crippen LogP contribution in [-0.4, -0.2) is 51.8 Å². The molecule has 1 aromatic heterocycles. The Labute approximate surface area is 118 Å². The van der Waals surface area contributed by atoms with Crippen LogP contribution in [0.3, 0.4) is 0 Å². The number of nitrogens with zero attached hydrogens (tertiary/aromatic N) is 3. The number of hydrogen-bond donors (Lipinski definition) is 2. The van der Waals surface area contributed by atoms with Crippen LogP contribution in [0, 0.1) is 13.8 Å². The van der Waals surface area contributed by atoms with Crippen LogP contribution in [0.5, 0.6) is 0 Å². The Morgan fingerprint density at radius 3 is 2.55 bits per heavy atom. The van der Waals surface area contributed by atoms with Gasteiger partial charge in [-0.3, -0.25) is 19.2 Å². The smallest absolute Gasteiger partial charge is 0.303 e. The molecule has 2 N–H and O–H groups in total. The summed E-state index contributed by atoms with van der Waals surface area (Å²) in [4.78, 5) is 24.1.